The van der Waals surface area contributed by atoms with Crippen molar-refractivity contribution in [2.45, 2.75) is 19.4 Å². The van der Waals surface area contributed by atoms with E-state index in [1.807, 2.05) is 0 Å². The topological polar surface area (TPSA) is 106 Å². The zero-order valence-electron chi connectivity index (χ0n) is 15.7. The van der Waals surface area contributed by atoms with E-state index in [1.165, 1.54) is 21.0 Å². The molecule has 0 spiro atoms. The quantitative estimate of drug-likeness (QED) is 0.672. The number of hydrogen-bond donors (Lipinski definition) is 2. The van der Waals surface area contributed by atoms with E-state index in [0.717, 1.165) is 0 Å². The van der Waals surface area contributed by atoms with Crippen molar-refractivity contribution in [3.8, 4) is 22.6 Å². The van der Waals surface area contributed by atoms with Crippen LogP contribution in [0.25, 0.3) is 21.9 Å². The number of carboxylic acids is 1. The van der Waals surface area contributed by atoms with Gasteiger partial charge in [0.25, 0.3) is 0 Å². The fourth-order valence-electron chi connectivity index (χ4n) is 3.00. The van der Waals surface area contributed by atoms with Crippen LogP contribution >= 0.6 is 0 Å². The third-order valence-corrected chi connectivity index (χ3v) is 4.20. The molecule has 0 saturated carbocycles. The average Bonchev–Trinajstić information content (AvgIpc) is 2.65. The molecule has 0 bridgehead atoms. The lowest BCUT2D eigenvalue weighted by molar-refractivity contribution is -0.139. The number of fused-ring (bicyclic) bond motifs is 1. The molecule has 3 aromatic rings. The molecule has 0 fully saturated rings. The predicted octanol–water partition coefficient (Wildman–Crippen LogP) is 3.16. The highest BCUT2D eigenvalue weighted by molar-refractivity contribution is 5.97. The first kappa shape index (κ1) is 19.4. The number of carbonyl (C=O) groups is 1. The molecule has 0 aliphatic heterocycles. The molecular weight excluding hydrogens is 364 g/mol. The smallest absolute Gasteiger partial charge is 0.343 e. The summed E-state index contributed by atoms with van der Waals surface area (Å²) >= 11 is 0. The molecule has 0 aliphatic rings. The van der Waals surface area contributed by atoms with Crippen molar-refractivity contribution >= 4 is 16.7 Å². The first-order valence-corrected chi connectivity index (χ1v) is 8.54. The van der Waals surface area contributed by atoms with E-state index in [1.54, 1.807) is 42.5 Å². The Hall–Kier alpha value is -3.32. The maximum Gasteiger partial charge on any atom is 0.343 e. The standard InChI is InChI=1S/C21H20O7/c1-21(2,25)19-18(13-6-4-5-7-14(13)20(24)28-19)12-8-9-15(26-3)16(10-12)27-11-17(22)23/h4-10,25H,11H2,1-3H3,(H,22,23). The monoisotopic (exact) mass is 384 g/mol. The number of hydrogen-bond acceptors (Lipinski definition) is 6. The molecule has 2 N–H and O–H groups in total. The molecule has 28 heavy (non-hydrogen) atoms. The van der Waals surface area contributed by atoms with Crippen molar-refractivity contribution in [3.05, 3.63) is 58.6 Å². The van der Waals surface area contributed by atoms with Gasteiger partial charge in [0.05, 0.1) is 12.5 Å². The Labute approximate surface area is 160 Å². The van der Waals surface area contributed by atoms with Gasteiger partial charge in [-0.05, 0) is 37.6 Å². The van der Waals surface area contributed by atoms with E-state index in [9.17, 15) is 14.7 Å². The molecule has 1 heterocycles. The van der Waals surface area contributed by atoms with E-state index in [-0.39, 0.29) is 11.5 Å². The van der Waals surface area contributed by atoms with Crippen molar-refractivity contribution in [1.82, 2.24) is 0 Å². The number of methoxy groups -OCH3 is 1. The van der Waals surface area contributed by atoms with Gasteiger partial charge in [-0.15, -0.1) is 0 Å². The van der Waals surface area contributed by atoms with Gasteiger partial charge in [0.1, 0.15) is 11.4 Å². The number of rotatable bonds is 6. The third-order valence-electron chi connectivity index (χ3n) is 4.20. The van der Waals surface area contributed by atoms with Gasteiger partial charge >= 0.3 is 11.6 Å². The highest BCUT2D eigenvalue weighted by Crippen LogP contribution is 2.39. The number of carboxylic acid groups (broad SMARTS) is 1. The molecule has 2 aromatic carbocycles. The lowest BCUT2D eigenvalue weighted by atomic mass is 9.92. The van der Waals surface area contributed by atoms with E-state index in [2.05, 4.69) is 0 Å². The van der Waals surface area contributed by atoms with E-state index < -0.39 is 23.8 Å². The molecule has 0 saturated heterocycles. The van der Waals surface area contributed by atoms with Crippen LogP contribution in [-0.4, -0.2) is 29.9 Å². The second-order valence-electron chi connectivity index (χ2n) is 6.75. The molecule has 7 heteroatoms. The summed E-state index contributed by atoms with van der Waals surface area (Å²) < 4.78 is 16.0. The van der Waals surface area contributed by atoms with Crippen molar-refractivity contribution in [1.29, 1.82) is 0 Å². The van der Waals surface area contributed by atoms with Crippen molar-refractivity contribution in [2.75, 3.05) is 13.7 Å². The lowest BCUT2D eigenvalue weighted by Gasteiger charge is -2.21. The summed E-state index contributed by atoms with van der Waals surface area (Å²) in [6.07, 6.45) is 0. The van der Waals surface area contributed by atoms with Crippen LogP contribution in [0.2, 0.25) is 0 Å². The minimum atomic E-state index is -1.43. The molecule has 1 aromatic heterocycles. The number of ether oxygens (including phenoxy) is 2. The summed E-state index contributed by atoms with van der Waals surface area (Å²) in [5.74, 6) is -0.442. The lowest BCUT2D eigenvalue weighted by Crippen LogP contribution is -2.20. The van der Waals surface area contributed by atoms with Crippen molar-refractivity contribution in [2.24, 2.45) is 0 Å². The highest BCUT2D eigenvalue weighted by atomic mass is 16.5. The summed E-state index contributed by atoms with van der Waals surface area (Å²) in [5.41, 5.74) is -0.878. The maximum atomic E-state index is 12.4. The van der Waals surface area contributed by atoms with Gasteiger partial charge in [-0.2, -0.15) is 0 Å². The van der Waals surface area contributed by atoms with Crippen molar-refractivity contribution < 1.29 is 28.9 Å². The van der Waals surface area contributed by atoms with E-state index >= 15 is 0 Å². The van der Waals surface area contributed by atoms with Gasteiger partial charge in [0.2, 0.25) is 0 Å². The molecular formula is C21H20O7. The second-order valence-corrected chi connectivity index (χ2v) is 6.75. The molecule has 0 atom stereocenters. The van der Waals surface area contributed by atoms with Crippen LogP contribution in [0.4, 0.5) is 0 Å². The molecule has 146 valence electrons. The normalized spacial score (nSPS) is 11.4. The molecule has 0 radical (unpaired) electrons. The van der Waals surface area contributed by atoms with Gasteiger partial charge in [-0.25, -0.2) is 9.59 Å². The number of aliphatic carboxylic acids is 1. The summed E-state index contributed by atoms with van der Waals surface area (Å²) in [6, 6.07) is 11.9. The largest absolute Gasteiger partial charge is 0.493 e. The molecule has 7 nitrogen and oxygen atoms in total. The first-order chi connectivity index (χ1) is 13.2. The van der Waals surface area contributed by atoms with Crippen LogP contribution in [-0.2, 0) is 10.4 Å². The summed E-state index contributed by atoms with van der Waals surface area (Å²) in [7, 11) is 1.45. The van der Waals surface area contributed by atoms with Crippen LogP contribution < -0.4 is 15.1 Å². The predicted molar refractivity (Wildman–Crippen MR) is 103 cm³/mol. The fraction of sp³-hybridized carbons (Fsp3) is 0.238. The third kappa shape index (κ3) is 3.70. The second kappa shape index (κ2) is 7.36. The van der Waals surface area contributed by atoms with Gasteiger partial charge < -0.3 is 24.1 Å². The summed E-state index contributed by atoms with van der Waals surface area (Å²) in [5, 5.41) is 20.5. The van der Waals surface area contributed by atoms with Crippen LogP contribution in [0, 0.1) is 0 Å². The minimum Gasteiger partial charge on any atom is -0.493 e. The molecule has 0 amide bonds. The first-order valence-electron chi connectivity index (χ1n) is 8.54. The Morgan fingerprint density at radius 2 is 1.79 bits per heavy atom. The number of aliphatic hydroxyl groups is 1. The Morgan fingerprint density at radius 1 is 1.11 bits per heavy atom. The van der Waals surface area contributed by atoms with Crippen LogP contribution in [0.3, 0.4) is 0 Å². The van der Waals surface area contributed by atoms with E-state index in [4.69, 9.17) is 19.0 Å². The van der Waals surface area contributed by atoms with Gasteiger partial charge in [0, 0.05) is 10.9 Å². The SMILES string of the molecule is COc1ccc(-c2c(C(C)(C)O)oc(=O)c3ccccc23)cc1OCC(=O)O. The molecule has 0 aliphatic carbocycles. The molecule has 0 unspecified atom stereocenters. The average molecular weight is 384 g/mol. The zero-order chi connectivity index (χ0) is 20.5. The Morgan fingerprint density at radius 3 is 2.39 bits per heavy atom. The summed E-state index contributed by atoms with van der Waals surface area (Å²) in [6.45, 7) is 2.51. The Balaban J connectivity index is 2.31. The van der Waals surface area contributed by atoms with Gasteiger partial charge in [-0.1, -0.05) is 24.3 Å². The Kier molecular flexibility index (Phi) is 5.11. The van der Waals surface area contributed by atoms with Crippen LogP contribution in [0.1, 0.15) is 19.6 Å². The molecule has 3 rings (SSSR count). The Bertz CT molecular complexity index is 1090. The van der Waals surface area contributed by atoms with Gasteiger partial charge in [-0.3, -0.25) is 0 Å². The van der Waals surface area contributed by atoms with Crippen LogP contribution in [0.5, 0.6) is 11.5 Å². The highest BCUT2D eigenvalue weighted by Gasteiger charge is 2.28. The van der Waals surface area contributed by atoms with Gasteiger partial charge in [0.15, 0.2) is 18.1 Å². The fourth-order valence-corrected chi connectivity index (χ4v) is 3.00. The number of benzene rings is 2. The van der Waals surface area contributed by atoms with E-state index in [0.29, 0.717) is 27.6 Å². The van der Waals surface area contributed by atoms with Crippen LogP contribution in [0.15, 0.2) is 51.7 Å². The minimum absolute atomic E-state index is 0.102. The zero-order valence-corrected chi connectivity index (χ0v) is 15.7. The van der Waals surface area contributed by atoms with Crippen molar-refractivity contribution in [3.63, 3.8) is 0 Å². The summed E-state index contributed by atoms with van der Waals surface area (Å²) in [4.78, 5) is 23.3. The maximum absolute atomic E-state index is 12.4.